The molecule has 0 saturated heterocycles. The summed E-state index contributed by atoms with van der Waals surface area (Å²) < 4.78 is 2.13. The van der Waals surface area contributed by atoms with Crippen molar-refractivity contribution in [2.24, 2.45) is 5.73 Å². The van der Waals surface area contributed by atoms with Gasteiger partial charge in [0.2, 0.25) is 0 Å². The Hall–Kier alpha value is -0.830. The molecule has 1 heterocycles. The number of nitrogens with two attached hydrogens (primary N) is 1. The van der Waals surface area contributed by atoms with Crippen LogP contribution in [-0.2, 0) is 12.0 Å². The van der Waals surface area contributed by atoms with E-state index >= 15 is 0 Å². The van der Waals surface area contributed by atoms with E-state index in [9.17, 15) is 0 Å². The van der Waals surface area contributed by atoms with Crippen molar-refractivity contribution >= 4 is 0 Å². The normalized spacial score (nSPS) is 18.5. The molecule has 0 amide bonds. The van der Waals surface area contributed by atoms with Crippen LogP contribution in [0.2, 0.25) is 0 Å². The van der Waals surface area contributed by atoms with E-state index < -0.39 is 0 Å². The Kier molecular flexibility index (Phi) is 2.59. The molecule has 3 heteroatoms. The molecule has 1 aliphatic rings. The lowest BCUT2D eigenvalue weighted by molar-refractivity contribution is 0.495. The second-order valence-corrected chi connectivity index (χ2v) is 4.97. The summed E-state index contributed by atoms with van der Waals surface area (Å²) in [6, 6.07) is 2.64. The fraction of sp³-hybridized carbons (Fsp3) is 0.750. The van der Waals surface area contributed by atoms with Gasteiger partial charge in [-0.2, -0.15) is 5.10 Å². The maximum Gasteiger partial charge on any atom is 0.0826 e. The molecule has 1 aromatic heterocycles. The van der Waals surface area contributed by atoms with Crippen LogP contribution in [-0.4, -0.2) is 9.78 Å². The van der Waals surface area contributed by atoms with Crippen LogP contribution in [0.5, 0.6) is 0 Å². The van der Waals surface area contributed by atoms with Gasteiger partial charge in [0.05, 0.1) is 11.2 Å². The highest BCUT2D eigenvalue weighted by Crippen LogP contribution is 2.42. The van der Waals surface area contributed by atoms with E-state index in [-0.39, 0.29) is 5.54 Å². The average molecular weight is 207 g/mol. The van der Waals surface area contributed by atoms with Gasteiger partial charge in [-0.1, -0.05) is 13.3 Å². The summed E-state index contributed by atoms with van der Waals surface area (Å²) in [7, 11) is 0. The molecule has 0 bridgehead atoms. The molecule has 3 nitrogen and oxygen atoms in total. The third-order valence-electron chi connectivity index (χ3n) is 3.11. The van der Waals surface area contributed by atoms with Crippen molar-refractivity contribution < 1.29 is 0 Å². The molecule has 0 radical (unpaired) electrons. The molecular formula is C12H21N3. The van der Waals surface area contributed by atoms with Crippen molar-refractivity contribution in [3.63, 3.8) is 0 Å². The zero-order valence-electron chi connectivity index (χ0n) is 9.95. The van der Waals surface area contributed by atoms with Crippen LogP contribution in [0.1, 0.15) is 57.5 Å². The molecule has 84 valence electrons. The van der Waals surface area contributed by atoms with E-state index in [1.54, 1.807) is 0 Å². The van der Waals surface area contributed by atoms with Crippen LogP contribution in [0.15, 0.2) is 6.07 Å². The van der Waals surface area contributed by atoms with E-state index in [4.69, 9.17) is 5.73 Å². The summed E-state index contributed by atoms with van der Waals surface area (Å²) in [6.07, 6.45) is 4.44. The summed E-state index contributed by atoms with van der Waals surface area (Å²) in [5.41, 5.74) is 8.51. The van der Waals surface area contributed by atoms with Crippen molar-refractivity contribution in [2.75, 3.05) is 0 Å². The first kappa shape index (κ1) is 10.7. The zero-order valence-corrected chi connectivity index (χ0v) is 9.95. The van der Waals surface area contributed by atoms with Gasteiger partial charge in [0.25, 0.3) is 0 Å². The van der Waals surface area contributed by atoms with Crippen molar-refractivity contribution in [3.05, 3.63) is 17.5 Å². The summed E-state index contributed by atoms with van der Waals surface area (Å²) in [5.74, 6) is 0. The van der Waals surface area contributed by atoms with Gasteiger partial charge in [0, 0.05) is 11.7 Å². The lowest BCUT2D eigenvalue weighted by atomic mass is 10.1. The van der Waals surface area contributed by atoms with Gasteiger partial charge in [0.15, 0.2) is 0 Å². The van der Waals surface area contributed by atoms with Gasteiger partial charge in [-0.15, -0.1) is 0 Å². The van der Waals surface area contributed by atoms with E-state index in [0.29, 0.717) is 6.04 Å². The lowest BCUT2D eigenvalue weighted by Gasteiger charge is -2.10. The fourth-order valence-corrected chi connectivity index (χ4v) is 1.96. The zero-order chi connectivity index (χ0) is 11.1. The van der Waals surface area contributed by atoms with Crippen LogP contribution in [0.3, 0.4) is 0 Å². The fourth-order valence-electron chi connectivity index (χ4n) is 1.96. The smallest absolute Gasteiger partial charge is 0.0826 e. The predicted molar refractivity (Wildman–Crippen MR) is 61.7 cm³/mol. The molecule has 0 atom stereocenters. The highest BCUT2D eigenvalue weighted by atomic mass is 15.3. The van der Waals surface area contributed by atoms with Crippen LogP contribution < -0.4 is 5.73 Å². The number of aromatic nitrogens is 2. The number of aryl methyl sites for hydroxylation is 1. The monoisotopic (exact) mass is 207 g/mol. The van der Waals surface area contributed by atoms with Crippen molar-refractivity contribution in [1.82, 2.24) is 9.78 Å². The highest BCUT2D eigenvalue weighted by Gasteiger charge is 2.42. The molecule has 2 N–H and O–H groups in total. The van der Waals surface area contributed by atoms with Crippen molar-refractivity contribution in [2.45, 2.75) is 58.0 Å². The number of nitrogens with zero attached hydrogens (tertiary/aromatic N) is 2. The van der Waals surface area contributed by atoms with Gasteiger partial charge in [-0.05, 0) is 39.2 Å². The van der Waals surface area contributed by atoms with Gasteiger partial charge in [-0.3, -0.25) is 4.68 Å². The Labute approximate surface area is 91.7 Å². The molecule has 1 aliphatic carbocycles. The van der Waals surface area contributed by atoms with Gasteiger partial charge in [-0.25, -0.2) is 0 Å². The first-order valence-electron chi connectivity index (χ1n) is 5.94. The maximum atomic E-state index is 6.17. The quantitative estimate of drug-likeness (QED) is 0.823. The first-order valence-corrected chi connectivity index (χ1v) is 5.94. The molecule has 1 saturated carbocycles. The molecule has 1 aromatic rings. The molecule has 2 rings (SSSR count). The molecule has 15 heavy (non-hydrogen) atoms. The third kappa shape index (κ3) is 1.93. The van der Waals surface area contributed by atoms with E-state index in [2.05, 4.69) is 36.6 Å². The molecule has 1 fully saturated rings. The summed E-state index contributed by atoms with van der Waals surface area (Å²) >= 11 is 0. The maximum absolute atomic E-state index is 6.17. The Morgan fingerprint density at radius 1 is 1.53 bits per heavy atom. The Morgan fingerprint density at radius 2 is 2.20 bits per heavy atom. The highest BCUT2D eigenvalue weighted by molar-refractivity contribution is 5.24. The topological polar surface area (TPSA) is 43.8 Å². The number of hydrogen-bond donors (Lipinski definition) is 1. The molecule has 0 spiro atoms. The van der Waals surface area contributed by atoms with Gasteiger partial charge < -0.3 is 5.73 Å². The van der Waals surface area contributed by atoms with E-state index in [1.165, 1.54) is 5.69 Å². The largest absolute Gasteiger partial charge is 0.320 e. The minimum Gasteiger partial charge on any atom is -0.320 e. The molecular weight excluding hydrogens is 186 g/mol. The third-order valence-corrected chi connectivity index (χ3v) is 3.11. The van der Waals surface area contributed by atoms with Gasteiger partial charge in [0.1, 0.15) is 0 Å². The molecule has 0 unspecified atom stereocenters. The first-order chi connectivity index (χ1) is 7.07. The number of hydrogen-bond acceptors (Lipinski definition) is 2. The van der Waals surface area contributed by atoms with Crippen LogP contribution >= 0.6 is 0 Å². The second-order valence-electron chi connectivity index (χ2n) is 4.97. The van der Waals surface area contributed by atoms with Gasteiger partial charge >= 0.3 is 0 Å². The SMILES string of the molecule is CCCc1cc(C2(N)CC2)nn1C(C)C. The van der Waals surface area contributed by atoms with E-state index in [1.807, 2.05) is 0 Å². The van der Waals surface area contributed by atoms with Crippen LogP contribution in [0, 0.1) is 0 Å². The number of rotatable bonds is 4. The van der Waals surface area contributed by atoms with Crippen LogP contribution in [0.25, 0.3) is 0 Å². The van der Waals surface area contributed by atoms with Crippen molar-refractivity contribution in [3.8, 4) is 0 Å². The Balaban J connectivity index is 2.31. The molecule has 0 aliphatic heterocycles. The second kappa shape index (κ2) is 3.63. The summed E-state index contributed by atoms with van der Waals surface area (Å²) in [4.78, 5) is 0. The average Bonchev–Trinajstić information content (AvgIpc) is 2.78. The van der Waals surface area contributed by atoms with Crippen molar-refractivity contribution in [1.29, 1.82) is 0 Å². The summed E-state index contributed by atoms with van der Waals surface area (Å²) in [6.45, 7) is 6.55. The minimum atomic E-state index is -0.0946. The predicted octanol–water partition coefficient (Wildman–Crippen LogP) is 2.36. The lowest BCUT2D eigenvalue weighted by Crippen LogP contribution is -2.20. The Bertz CT molecular complexity index is 348. The van der Waals surface area contributed by atoms with E-state index in [0.717, 1.165) is 31.4 Å². The Morgan fingerprint density at radius 3 is 2.67 bits per heavy atom. The van der Waals surface area contributed by atoms with Crippen LogP contribution in [0.4, 0.5) is 0 Å². The standard InChI is InChI=1S/C12H21N3/c1-4-5-10-8-11(12(13)6-7-12)14-15(10)9(2)3/h8-9H,4-7,13H2,1-3H3. The summed E-state index contributed by atoms with van der Waals surface area (Å²) in [5, 5.41) is 4.65. The molecule has 0 aromatic carbocycles. The minimum absolute atomic E-state index is 0.0946.